The van der Waals surface area contributed by atoms with Crippen LogP contribution in [0.4, 0.5) is 0 Å². The van der Waals surface area contributed by atoms with Crippen molar-refractivity contribution < 1.29 is 38.1 Å². The first-order valence-electron chi connectivity index (χ1n) is 8.18. The smallest absolute Gasteiger partial charge is 0.334 e. The lowest BCUT2D eigenvalue weighted by Gasteiger charge is -2.32. The molecule has 0 radical (unpaired) electrons. The standard InChI is InChI=1S/C20H26O8/c1-12(2)16(21)25-9-20(28-19(24)15(7)8,10-26-17(22)13(3)4)11-27-18(23)14(5)6/h1,3,5,7,9-11H2,2,4,6,8H3. The molecule has 0 aliphatic rings. The first-order chi connectivity index (χ1) is 12.8. The zero-order chi connectivity index (χ0) is 22.1. The summed E-state index contributed by atoms with van der Waals surface area (Å²) < 4.78 is 20.5. The number of carbonyl (C=O) groups excluding carboxylic acids is 4. The van der Waals surface area contributed by atoms with Gasteiger partial charge in [-0.25, -0.2) is 19.2 Å². The lowest BCUT2D eigenvalue weighted by atomic mass is 10.1. The number of rotatable bonds is 11. The van der Waals surface area contributed by atoms with Crippen LogP contribution in [0.5, 0.6) is 0 Å². The third-order valence-electron chi connectivity index (χ3n) is 3.10. The van der Waals surface area contributed by atoms with Crippen LogP contribution in [0.1, 0.15) is 27.7 Å². The Morgan fingerprint density at radius 3 is 1.04 bits per heavy atom. The maximum atomic E-state index is 12.1. The van der Waals surface area contributed by atoms with Crippen LogP contribution in [0.25, 0.3) is 0 Å². The minimum Gasteiger partial charge on any atom is -0.458 e. The molecule has 0 aliphatic heterocycles. The van der Waals surface area contributed by atoms with E-state index in [-0.39, 0.29) is 22.3 Å². The van der Waals surface area contributed by atoms with Gasteiger partial charge in [0.15, 0.2) is 0 Å². The lowest BCUT2D eigenvalue weighted by Crippen LogP contribution is -2.50. The van der Waals surface area contributed by atoms with Crippen LogP contribution in [0, 0.1) is 0 Å². The van der Waals surface area contributed by atoms with Crippen LogP contribution in [-0.4, -0.2) is 49.3 Å². The van der Waals surface area contributed by atoms with E-state index in [0.717, 1.165) is 0 Å². The van der Waals surface area contributed by atoms with Gasteiger partial charge in [-0.3, -0.25) is 0 Å². The highest BCUT2D eigenvalue weighted by Gasteiger charge is 2.40. The highest BCUT2D eigenvalue weighted by molar-refractivity contribution is 5.89. The zero-order valence-electron chi connectivity index (χ0n) is 16.7. The van der Waals surface area contributed by atoms with Gasteiger partial charge in [-0.15, -0.1) is 0 Å². The van der Waals surface area contributed by atoms with Crippen LogP contribution >= 0.6 is 0 Å². The average Bonchev–Trinajstić information content (AvgIpc) is 2.61. The van der Waals surface area contributed by atoms with Crippen molar-refractivity contribution in [1.82, 2.24) is 0 Å². The van der Waals surface area contributed by atoms with Crippen LogP contribution in [0.15, 0.2) is 48.6 Å². The summed E-state index contributed by atoms with van der Waals surface area (Å²) in [4.78, 5) is 47.4. The summed E-state index contributed by atoms with van der Waals surface area (Å²) in [6.45, 7) is 17.8. The van der Waals surface area contributed by atoms with Gasteiger partial charge in [-0.05, 0) is 27.7 Å². The Hall–Kier alpha value is -3.16. The molecule has 8 heteroatoms. The van der Waals surface area contributed by atoms with Crippen molar-refractivity contribution in [2.75, 3.05) is 19.8 Å². The van der Waals surface area contributed by atoms with E-state index in [1.807, 2.05) is 0 Å². The molecule has 154 valence electrons. The molecule has 0 bridgehead atoms. The van der Waals surface area contributed by atoms with Gasteiger partial charge < -0.3 is 18.9 Å². The van der Waals surface area contributed by atoms with Crippen LogP contribution in [0.3, 0.4) is 0 Å². The van der Waals surface area contributed by atoms with Gasteiger partial charge in [0.25, 0.3) is 0 Å². The highest BCUT2D eigenvalue weighted by atomic mass is 16.6. The number of hydrogen-bond acceptors (Lipinski definition) is 8. The molecule has 0 rings (SSSR count). The summed E-state index contributed by atoms with van der Waals surface area (Å²) >= 11 is 0. The van der Waals surface area contributed by atoms with Crippen molar-refractivity contribution in [1.29, 1.82) is 0 Å². The maximum absolute atomic E-state index is 12.1. The molecule has 0 aromatic heterocycles. The normalized spacial score (nSPS) is 10.3. The monoisotopic (exact) mass is 394 g/mol. The van der Waals surface area contributed by atoms with E-state index >= 15 is 0 Å². The lowest BCUT2D eigenvalue weighted by molar-refractivity contribution is -0.190. The molecule has 0 amide bonds. The van der Waals surface area contributed by atoms with Crippen molar-refractivity contribution in [2.45, 2.75) is 33.3 Å². The molecular weight excluding hydrogens is 368 g/mol. The van der Waals surface area contributed by atoms with Crippen molar-refractivity contribution >= 4 is 23.9 Å². The Labute approximate surface area is 164 Å². The molecule has 0 saturated carbocycles. The minimum absolute atomic E-state index is 0.0352. The van der Waals surface area contributed by atoms with Gasteiger partial charge >= 0.3 is 23.9 Å². The largest absolute Gasteiger partial charge is 0.458 e. The van der Waals surface area contributed by atoms with Gasteiger partial charge in [0.1, 0.15) is 19.8 Å². The van der Waals surface area contributed by atoms with Crippen LogP contribution in [-0.2, 0) is 38.1 Å². The van der Waals surface area contributed by atoms with Crippen molar-refractivity contribution in [3.05, 3.63) is 48.6 Å². The van der Waals surface area contributed by atoms with Crippen molar-refractivity contribution in [3.63, 3.8) is 0 Å². The number of ether oxygens (including phenoxy) is 4. The predicted molar refractivity (Wildman–Crippen MR) is 101 cm³/mol. The molecule has 0 fully saturated rings. The topological polar surface area (TPSA) is 105 Å². The summed E-state index contributed by atoms with van der Waals surface area (Å²) in [6, 6.07) is 0. The SMILES string of the molecule is C=C(C)C(=O)OCC(COC(=O)C(=C)C)(COC(=O)C(=C)C)OC(=O)C(=C)C. The van der Waals surface area contributed by atoms with Gasteiger partial charge in [0, 0.05) is 22.3 Å². The molecule has 8 nitrogen and oxygen atoms in total. The molecule has 0 aromatic rings. The van der Waals surface area contributed by atoms with Gasteiger partial charge in [0.2, 0.25) is 5.60 Å². The van der Waals surface area contributed by atoms with E-state index in [9.17, 15) is 19.2 Å². The fourth-order valence-electron chi connectivity index (χ4n) is 1.46. The molecule has 0 aromatic carbocycles. The predicted octanol–water partition coefficient (Wildman–Crippen LogP) is 2.20. The molecule has 0 unspecified atom stereocenters. The summed E-state index contributed by atoms with van der Waals surface area (Å²) in [6.07, 6.45) is 0. The zero-order valence-corrected chi connectivity index (χ0v) is 16.7. The summed E-state index contributed by atoms with van der Waals surface area (Å²) in [7, 11) is 0. The Balaban J connectivity index is 5.75. The van der Waals surface area contributed by atoms with E-state index in [2.05, 4.69) is 26.3 Å². The molecule has 0 saturated heterocycles. The summed E-state index contributed by atoms with van der Waals surface area (Å²) in [5.41, 5.74) is -1.49. The van der Waals surface area contributed by atoms with E-state index in [1.54, 1.807) is 0 Å². The molecular formula is C20H26O8. The third-order valence-corrected chi connectivity index (χ3v) is 3.10. The van der Waals surface area contributed by atoms with Gasteiger partial charge in [0.05, 0.1) is 0 Å². The Morgan fingerprint density at radius 1 is 0.571 bits per heavy atom. The second kappa shape index (κ2) is 10.9. The molecule has 0 spiro atoms. The van der Waals surface area contributed by atoms with Crippen molar-refractivity contribution in [2.24, 2.45) is 0 Å². The minimum atomic E-state index is -1.81. The highest BCUT2D eigenvalue weighted by Crippen LogP contribution is 2.19. The first-order valence-corrected chi connectivity index (χ1v) is 8.18. The molecule has 28 heavy (non-hydrogen) atoms. The molecule has 0 aliphatic carbocycles. The quantitative estimate of drug-likeness (QED) is 0.298. The Bertz CT molecular complexity index is 640. The van der Waals surface area contributed by atoms with E-state index < -0.39 is 49.3 Å². The Kier molecular flexibility index (Phi) is 9.63. The first kappa shape index (κ1) is 24.8. The van der Waals surface area contributed by atoms with E-state index in [0.29, 0.717) is 0 Å². The van der Waals surface area contributed by atoms with Crippen LogP contribution in [0.2, 0.25) is 0 Å². The number of hydrogen-bond donors (Lipinski definition) is 0. The molecule has 0 heterocycles. The fourth-order valence-corrected chi connectivity index (χ4v) is 1.46. The molecule has 0 N–H and O–H groups in total. The summed E-state index contributed by atoms with van der Waals surface area (Å²) in [5, 5.41) is 0. The Morgan fingerprint density at radius 2 is 0.821 bits per heavy atom. The van der Waals surface area contributed by atoms with Crippen LogP contribution < -0.4 is 0 Å². The second-order valence-corrected chi connectivity index (χ2v) is 6.42. The third kappa shape index (κ3) is 8.48. The van der Waals surface area contributed by atoms with Gasteiger partial charge in [-0.2, -0.15) is 0 Å². The average molecular weight is 394 g/mol. The number of carbonyl (C=O) groups is 4. The second-order valence-electron chi connectivity index (χ2n) is 6.42. The maximum Gasteiger partial charge on any atom is 0.334 e. The fraction of sp³-hybridized carbons (Fsp3) is 0.400. The van der Waals surface area contributed by atoms with Crippen molar-refractivity contribution in [3.8, 4) is 0 Å². The van der Waals surface area contributed by atoms with E-state index in [1.165, 1.54) is 27.7 Å². The van der Waals surface area contributed by atoms with E-state index in [4.69, 9.17) is 18.9 Å². The summed E-state index contributed by atoms with van der Waals surface area (Å²) in [5.74, 6) is -3.17. The number of esters is 4. The molecule has 0 atom stereocenters. The van der Waals surface area contributed by atoms with Gasteiger partial charge in [-0.1, -0.05) is 26.3 Å².